The van der Waals surface area contributed by atoms with Crippen LogP contribution in [0.1, 0.15) is 65.2 Å². The van der Waals surface area contributed by atoms with Crippen LogP contribution in [0.3, 0.4) is 0 Å². The molecule has 0 bridgehead atoms. The van der Waals surface area contributed by atoms with Crippen molar-refractivity contribution in [1.82, 2.24) is 10.2 Å². The predicted octanol–water partition coefficient (Wildman–Crippen LogP) is 4.30. The van der Waals surface area contributed by atoms with Gasteiger partial charge in [0.2, 0.25) is 0 Å². The van der Waals surface area contributed by atoms with Crippen LogP contribution in [0.25, 0.3) is 0 Å². The first kappa shape index (κ1) is 25.9. The van der Waals surface area contributed by atoms with Gasteiger partial charge in [0.15, 0.2) is 5.96 Å². The Balaban J connectivity index is 0.00000625. The van der Waals surface area contributed by atoms with Crippen molar-refractivity contribution < 1.29 is 9.47 Å². The van der Waals surface area contributed by atoms with Gasteiger partial charge < -0.3 is 19.7 Å². The number of hydrogen-bond donors (Lipinski definition) is 1. The second-order valence-electron chi connectivity index (χ2n) is 7.13. The van der Waals surface area contributed by atoms with Crippen LogP contribution in [0.5, 0.6) is 0 Å². The molecule has 1 heterocycles. The molecule has 1 rings (SSSR count). The number of rotatable bonds is 12. The van der Waals surface area contributed by atoms with E-state index in [9.17, 15) is 0 Å². The lowest BCUT2D eigenvalue weighted by Crippen LogP contribution is -2.48. The molecule has 1 N–H and O–H groups in total. The summed E-state index contributed by atoms with van der Waals surface area (Å²) in [6.07, 6.45) is 10.1. The molecule has 0 aromatic rings. The second-order valence-corrected chi connectivity index (χ2v) is 7.13. The van der Waals surface area contributed by atoms with Gasteiger partial charge in [-0.1, -0.05) is 33.1 Å². The van der Waals surface area contributed by atoms with Gasteiger partial charge in [-0.15, -0.1) is 24.0 Å². The van der Waals surface area contributed by atoms with E-state index in [0.717, 1.165) is 64.0 Å². The summed E-state index contributed by atoms with van der Waals surface area (Å²) in [5, 5.41) is 3.63. The van der Waals surface area contributed by atoms with Crippen LogP contribution in [-0.2, 0) is 9.47 Å². The Bertz CT molecular complexity index is 348. The topological polar surface area (TPSA) is 46.1 Å². The minimum absolute atomic E-state index is 0. The fraction of sp³-hybridized carbons (Fsp3) is 0.950. The molecule has 0 radical (unpaired) electrons. The molecule has 26 heavy (non-hydrogen) atoms. The first-order chi connectivity index (χ1) is 12.2. The lowest BCUT2D eigenvalue weighted by atomic mass is 9.97. The first-order valence-electron chi connectivity index (χ1n) is 10.3. The van der Waals surface area contributed by atoms with Gasteiger partial charge in [0.25, 0.3) is 0 Å². The van der Waals surface area contributed by atoms with E-state index in [0.29, 0.717) is 6.10 Å². The summed E-state index contributed by atoms with van der Waals surface area (Å²) in [7, 11) is 3.64. The number of likely N-dealkylation sites (tertiary alicyclic amines) is 1. The van der Waals surface area contributed by atoms with Crippen molar-refractivity contribution in [3.8, 4) is 0 Å². The molecular formula is C20H42IN3O2. The predicted molar refractivity (Wildman–Crippen MR) is 122 cm³/mol. The van der Waals surface area contributed by atoms with E-state index in [4.69, 9.17) is 9.47 Å². The number of hydrogen-bond acceptors (Lipinski definition) is 3. The molecule has 0 aromatic heterocycles. The van der Waals surface area contributed by atoms with Crippen molar-refractivity contribution in [2.45, 2.75) is 71.3 Å². The molecule has 1 aliphatic heterocycles. The number of nitrogens with zero attached hydrogens (tertiary/aromatic N) is 2. The molecule has 6 heteroatoms. The molecule has 1 saturated heterocycles. The van der Waals surface area contributed by atoms with Gasteiger partial charge in [-0.2, -0.15) is 0 Å². The highest BCUT2D eigenvalue weighted by atomic mass is 127. The molecule has 156 valence electrons. The lowest BCUT2D eigenvalue weighted by molar-refractivity contribution is 0.00988. The van der Waals surface area contributed by atoms with Crippen molar-refractivity contribution in [2.75, 3.05) is 47.0 Å². The summed E-state index contributed by atoms with van der Waals surface area (Å²) in [5.74, 6) is 1.83. The van der Waals surface area contributed by atoms with E-state index >= 15 is 0 Å². The maximum atomic E-state index is 5.95. The minimum atomic E-state index is 0. The molecule has 1 atom stereocenters. The normalized spacial score (nSPS) is 17.1. The fourth-order valence-corrected chi connectivity index (χ4v) is 3.50. The Morgan fingerprint density at radius 3 is 2.42 bits per heavy atom. The van der Waals surface area contributed by atoms with Crippen molar-refractivity contribution in [2.24, 2.45) is 10.9 Å². The third-order valence-corrected chi connectivity index (χ3v) is 5.01. The number of guanidine groups is 1. The summed E-state index contributed by atoms with van der Waals surface area (Å²) >= 11 is 0. The summed E-state index contributed by atoms with van der Waals surface area (Å²) < 4.78 is 11.0. The zero-order valence-corrected chi connectivity index (χ0v) is 19.8. The van der Waals surface area contributed by atoms with E-state index in [-0.39, 0.29) is 24.0 Å². The van der Waals surface area contributed by atoms with Gasteiger partial charge in [0.05, 0.1) is 6.10 Å². The molecule has 0 saturated carbocycles. The average molecular weight is 483 g/mol. The van der Waals surface area contributed by atoms with Gasteiger partial charge >= 0.3 is 0 Å². The van der Waals surface area contributed by atoms with Crippen molar-refractivity contribution in [3.63, 3.8) is 0 Å². The number of methoxy groups -OCH3 is 1. The van der Waals surface area contributed by atoms with Crippen molar-refractivity contribution in [1.29, 1.82) is 0 Å². The molecule has 0 amide bonds. The van der Waals surface area contributed by atoms with Crippen LogP contribution >= 0.6 is 24.0 Å². The van der Waals surface area contributed by atoms with Crippen LogP contribution < -0.4 is 5.32 Å². The van der Waals surface area contributed by atoms with E-state index in [1.165, 1.54) is 32.1 Å². The second kappa shape index (κ2) is 17.0. The number of nitrogens with one attached hydrogen (secondary N) is 1. The Morgan fingerprint density at radius 2 is 1.85 bits per heavy atom. The smallest absolute Gasteiger partial charge is 0.193 e. The van der Waals surface area contributed by atoms with E-state index in [2.05, 4.69) is 29.1 Å². The highest BCUT2D eigenvalue weighted by molar-refractivity contribution is 14.0. The molecule has 1 unspecified atom stereocenters. The van der Waals surface area contributed by atoms with Gasteiger partial charge in [-0.05, 0) is 38.0 Å². The molecule has 1 fully saturated rings. The Morgan fingerprint density at radius 1 is 1.12 bits per heavy atom. The molecule has 5 nitrogen and oxygen atoms in total. The van der Waals surface area contributed by atoms with Gasteiger partial charge in [-0.25, -0.2) is 0 Å². The third kappa shape index (κ3) is 10.9. The highest BCUT2D eigenvalue weighted by Crippen LogP contribution is 2.16. The monoisotopic (exact) mass is 483 g/mol. The standard InChI is InChI=1S/C20H41N3O2.HI/c1-5-7-10-18(9-6-2)17-22-20(21-3)23-13-11-19(12-14-23)25-16-8-15-24-4;/h18-19H,5-17H2,1-4H3,(H,21,22);1H. The van der Waals surface area contributed by atoms with Crippen LogP contribution in [0.15, 0.2) is 4.99 Å². The minimum Gasteiger partial charge on any atom is -0.385 e. The summed E-state index contributed by atoms with van der Waals surface area (Å²) in [6.45, 7) is 9.26. The van der Waals surface area contributed by atoms with Crippen LogP contribution in [0.2, 0.25) is 0 Å². The zero-order chi connectivity index (χ0) is 18.3. The Labute approximate surface area is 178 Å². The van der Waals surface area contributed by atoms with Gasteiger partial charge in [0.1, 0.15) is 0 Å². The molecule has 0 aromatic carbocycles. The quantitative estimate of drug-likeness (QED) is 0.195. The van der Waals surface area contributed by atoms with Crippen molar-refractivity contribution >= 4 is 29.9 Å². The maximum absolute atomic E-state index is 5.95. The Kier molecular flexibility index (Phi) is 17.0. The number of aliphatic imine (C=N–C) groups is 1. The fourth-order valence-electron chi connectivity index (χ4n) is 3.50. The SMILES string of the molecule is CCCCC(CCC)CNC(=NC)N1CCC(OCCCOC)CC1.I. The number of unbranched alkanes of at least 4 members (excludes halogenated alkanes) is 1. The number of ether oxygens (including phenoxy) is 2. The van der Waals surface area contributed by atoms with Crippen LogP contribution in [0.4, 0.5) is 0 Å². The molecule has 0 aliphatic carbocycles. The number of piperidine rings is 1. The van der Waals surface area contributed by atoms with E-state index in [1.807, 2.05) is 7.05 Å². The third-order valence-electron chi connectivity index (χ3n) is 5.01. The Hall–Kier alpha value is -0.0800. The van der Waals surface area contributed by atoms with Crippen LogP contribution in [-0.4, -0.2) is 64.0 Å². The zero-order valence-electron chi connectivity index (χ0n) is 17.5. The number of halogens is 1. The lowest BCUT2D eigenvalue weighted by Gasteiger charge is -2.34. The largest absolute Gasteiger partial charge is 0.385 e. The summed E-state index contributed by atoms with van der Waals surface area (Å²) in [4.78, 5) is 6.90. The summed E-state index contributed by atoms with van der Waals surface area (Å²) in [5.41, 5.74) is 0. The molecular weight excluding hydrogens is 441 g/mol. The van der Waals surface area contributed by atoms with Gasteiger partial charge in [-0.3, -0.25) is 4.99 Å². The molecule has 0 spiro atoms. The first-order valence-corrected chi connectivity index (χ1v) is 10.3. The maximum Gasteiger partial charge on any atom is 0.193 e. The van der Waals surface area contributed by atoms with Crippen LogP contribution in [0, 0.1) is 5.92 Å². The van der Waals surface area contributed by atoms with E-state index in [1.54, 1.807) is 7.11 Å². The van der Waals surface area contributed by atoms with E-state index < -0.39 is 0 Å². The summed E-state index contributed by atoms with van der Waals surface area (Å²) in [6, 6.07) is 0. The van der Waals surface area contributed by atoms with Gasteiger partial charge in [0, 0.05) is 47.0 Å². The average Bonchev–Trinajstić information content (AvgIpc) is 2.64. The molecule has 1 aliphatic rings. The highest BCUT2D eigenvalue weighted by Gasteiger charge is 2.22. The van der Waals surface area contributed by atoms with Crippen molar-refractivity contribution in [3.05, 3.63) is 0 Å².